The number of amides is 4. The van der Waals surface area contributed by atoms with Gasteiger partial charge in [-0.15, -0.1) is 0 Å². The van der Waals surface area contributed by atoms with Gasteiger partial charge in [-0.1, -0.05) is 74.0 Å². The van der Waals surface area contributed by atoms with Gasteiger partial charge in [-0.2, -0.15) is 0 Å². The lowest BCUT2D eigenvalue weighted by Gasteiger charge is -2.29. The quantitative estimate of drug-likeness (QED) is 0.134. The summed E-state index contributed by atoms with van der Waals surface area (Å²) in [4.78, 5) is 70.7. The molecule has 1 aliphatic carbocycles. The van der Waals surface area contributed by atoms with Crippen molar-refractivity contribution in [1.82, 2.24) is 25.8 Å². The molecule has 2 aliphatic rings. The molecule has 0 spiro atoms. The van der Waals surface area contributed by atoms with E-state index in [1.807, 2.05) is 48.5 Å². The van der Waals surface area contributed by atoms with Gasteiger partial charge in [-0.3, -0.25) is 14.4 Å². The molecule has 4 atom stereocenters. The van der Waals surface area contributed by atoms with Gasteiger partial charge < -0.3 is 35.3 Å². The Morgan fingerprint density at radius 1 is 0.906 bits per heavy atom. The maximum absolute atomic E-state index is 13.6. The Morgan fingerprint density at radius 3 is 2.23 bits per heavy atom. The van der Waals surface area contributed by atoms with E-state index in [-0.39, 0.29) is 24.2 Å². The lowest BCUT2D eigenvalue weighted by Crippen LogP contribution is -2.57. The summed E-state index contributed by atoms with van der Waals surface area (Å²) in [5.74, 6) is -2.49. The van der Waals surface area contributed by atoms with E-state index in [9.17, 15) is 24.0 Å². The van der Waals surface area contributed by atoms with Crippen molar-refractivity contribution in [3.8, 4) is 16.9 Å². The summed E-state index contributed by atoms with van der Waals surface area (Å²) in [5, 5.41) is 8.88. The third kappa shape index (κ3) is 7.91. The number of hydrogen-bond acceptors (Lipinski definition) is 7. The minimum absolute atomic E-state index is 0.0895. The molecule has 1 saturated heterocycles. The van der Waals surface area contributed by atoms with Gasteiger partial charge in [-0.05, 0) is 82.9 Å². The number of nitrogens with zero attached hydrogens (tertiary/aromatic N) is 1. The topological polar surface area (TPSA) is 159 Å². The van der Waals surface area contributed by atoms with Crippen LogP contribution in [-0.2, 0) is 23.9 Å². The van der Waals surface area contributed by atoms with Gasteiger partial charge in [-0.25, -0.2) is 9.59 Å². The van der Waals surface area contributed by atoms with Crippen molar-refractivity contribution in [2.45, 2.75) is 70.6 Å². The first-order valence-corrected chi connectivity index (χ1v) is 18.7. The van der Waals surface area contributed by atoms with E-state index >= 15 is 0 Å². The average Bonchev–Trinajstić information content (AvgIpc) is 3.87. The number of aromatic amines is 1. The average molecular weight is 807 g/mol. The number of likely N-dealkylation sites (tertiary alicyclic amines) is 1. The van der Waals surface area contributed by atoms with Crippen LogP contribution in [-0.4, -0.2) is 77.0 Å². The van der Waals surface area contributed by atoms with E-state index < -0.39 is 54.0 Å². The first-order chi connectivity index (χ1) is 25.3. The maximum Gasteiger partial charge on any atom is 0.407 e. The molecule has 1 aromatic heterocycles. The highest BCUT2D eigenvalue weighted by Gasteiger charge is 2.39. The smallest absolute Gasteiger partial charge is 0.407 e. The van der Waals surface area contributed by atoms with Gasteiger partial charge in [0, 0.05) is 23.1 Å². The third-order valence-corrected chi connectivity index (χ3v) is 11.0. The number of carbonyl (C=O) groups is 5. The van der Waals surface area contributed by atoms with Crippen LogP contribution in [0.5, 0.6) is 5.75 Å². The number of benzene rings is 3. The molecule has 0 saturated carbocycles. The summed E-state index contributed by atoms with van der Waals surface area (Å²) in [6.07, 6.45) is 1.71. The summed E-state index contributed by atoms with van der Waals surface area (Å²) in [6, 6.07) is 15.7. The number of nitrogens with one attached hydrogen (secondary N) is 4. The number of aromatic nitrogens is 1. The van der Waals surface area contributed by atoms with Crippen molar-refractivity contribution in [2.75, 3.05) is 13.2 Å². The fourth-order valence-corrected chi connectivity index (χ4v) is 7.55. The third-order valence-electron chi connectivity index (χ3n) is 9.77. The summed E-state index contributed by atoms with van der Waals surface area (Å²) in [7, 11) is 0. The van der Waals surface area contributed by atoms with E-state index in [4.69, 9.17) is 21.1 Å². The van der Waals surface area contributed by atoms with E-state index in [2.05, 4.69) is 36.9 Å². The summed E-state index contributed by atoms with van der Waals surface area (Å²) in [5.41, 5.74) is 5.01. The second kappa shape index (κ2) is 16.0. The molecule has 0 radical (unpaired) electrons. The summed E-state index contributed by atoms with van der Waals surface area (Å²) >= 11 is 9.84. The number of ether oxygens (including phenoxy) is 2. The molecule has 12 nitrogen and oxygen atoms in total. The minimum Gasteiger partial charge on any atom is -0.449 e. The molecule has 0 bridgehead atoms. The van der Waals surface area contributed by atoms with Crippen molar-refractivity contribution in [3.05, 3.63) is 87.5 Å². The van der Waals surface area contributed by atoms with Crippen LogP contribution in [0.1, 0.15) is 57.6 Å². The lowest BCUT2D eigenvalue weighted by molar-refractivity contribution is -0.144. The molecule has 1 fully saturated rings. The lowest BCUT2D eigenvalue weighted by atomic mass is 9.98. The number of carbonyl (C=O) groups excluding carboxylic acids is 5. The molecule has 4 N–H and O–H groups in total. The number of esters is 1. The first kappa shape index (κ1) is 37.9. The number of hydrogen-bond donors (Lipinski definition) is 4. The van der Waals surface area contributed by atoms with Gasteiger partial charge in [0.05, 0.1) is 15.9 Å². The van der Waals surface area contributed by atoms with Crippen molar-refractivity contribution >= 4 is 68.2 Å². The van der Waals surface area contributed by atoms with Gasteiger partial charge in [0.15, 0.2) is 5.75 Å². The molecule has 1 aliphatic heterocycles. The number of halogens is 2. The predicted molar refractivity (Wildman–Crippen MR) is 203 cm³/mol. The largest absolute Gasteiger partial charge is 0.449 e. The van der Waals surface area contributed by atoms with E-state index in [0.29, 0.717) is 39.8 Å². The van der Waals surface area contributed by atoms with Gasteiger partial charge in [0.25, 0.3) is 0 Å². The normalized spacial score (nSPS) is 16.7. The Bertz CT molecular complexity index is 2020. The fourth-order valence-electron chi connectivity index (χ4n) is 6.96. The number of alkyl carbamates (subject to hydrolysis) is 1. The van der Waals surface area contributed by atoms with Gasteiger partial charge in [0.2, 0.25) is 17.7 Å². The number of H-pyrrole nitrogens is 1. The second-order valence-electron chi connectivity index (χ2n) is 13.7. The Morgan fingerprint density at radius 2 is 1.57 bits per heavy atom. The molecule has 3 aromatic carbocycles. The van der Waals surface area contributed by atoms with E-state index in [1.54, 1.807) is 26.0 Å². The Balaban J connectivity index is 1.01. The highest BCUT2D eigenvalue weighted by molar-refractivity contribution is 9.10. The molecule has 278 valence electrons. The zero-order valence-electron chi connectivity index (χ0n) is 29.7. The van der Waals surface area contributed by atoms with Crippen LogP contribution in [0, 0.1) is 5.92 Å². The molecular formula is C39H41BrClN5O7. The van der Waals surface area contributed by atoms with Crippen molar-refractivity contribution in [2.24, 2.45) is 5.92 Å². The highest BCUT2D eigenvalue weighted by atomic mass is 79.9. The Labute approximate surface area is 320 Å². The molecule has 2 heterocycles. The first-order valence-electron chi connectivity index (χ1n) is 17.5. The second-order valence-corrected chi connectivity index (χ2v) is 14.9. The van der Waals surface area contributed by atoms with E-state index in [0.717, 1.165) is 22.3 Å². The molecular weight excluding hydrogens is 766 g/mol. The molecule has 14 heteroatoms. The zero-order chi connectivity index (χ0) is 38.0. The van der Waals surface area contributed by atoms with Crippen LogP contribution >= 0.6 is 27.5 Å². The van der Waals surface area contributed by atoms with Crippen molar-refractivity contribution in [3.63, 3.8) is 0 Å². The summed E-state index contributed by atoms with van der Waals surface area (Å²) < 4.78 is 11.9. The van der Waals surface area contributed by atoms with Crippen LogP contribution in [0.3, 0.4) is 0 Å². The zero-order valence-corrected chi connectivity index (χ0v) is 32.0. The molecule has 4 unspecified atom stereocenters. The minimum atomic E-state index is -1.02. The van der Waals surface area contributed by atoms with Gasteiger partial charge >= 0.3 is 12.1 Å². The highest BCUT2D eigenvalue weighted by Crippen LogP contribution is 2.44. The van der Waals surface area contributed by atoms with Crippen LogP contribution in [0.4, 0.5) is 4.79 Å². The van der Waals surface area contributed by atoms with Crippen LogP contribution in [0.2, 0.25) is 5.02 Å². The standard InChI is InChI=1S/C39H41BrClN5O7/c1-20(2)34(38(50)53-31-18-42-29-16-15-28(40)33(41)32(29)31)45-36(48)30-14-9-17-46(30)37(49)22(4)43-35(47)21(3)44-39(51)52-19-27-25-12-7-5-10-23(25)24-11-6-8-13-26(24)27/h5-8,10-13,15-16,18,20-22,27,30,34,42H,9,14,17,19H2,1-4H3,(H,43,47)(H,44,51)(H,45,48). The molecule has 53 heavy (non-hydrogen) atoms. The Kier molecular flexibility index (Phi) is 11.4. The fraction of sp³-hybridized carbons (Fsp3) is 0.359. The maximum atomic E-state index is 13.6. The number of rotatable bonds is 11. The molecule has 4 amide bonds. The summed E-state index contributed by atoms with van der Waals surface area (Å²) in [6.45, 7) is 6.95. The van der Waals surface area contributed by atoms with Crippen molar-refractivity contribution in [1.29, 1.82) is 0 Å². The molecule has 6 rings (SSSR count). The Hall–Kier alpha value is -4.88. The van der Waals surface area contributed by atoms with E-state index in [1.165, 1.54) is 24.9 Å². The predicted octanol–water partition coefficient (Wildman–Crippen LogP) is 6.05. The van der Waals surface area contributed by atoms with Gasteiger partial charge in [0.1, 0.15) is 30.8 Å². The monoisotopic (exact) mass is 805 g/mol. The van der Waals surface area contributed by atoms with Crippen LogP contribution in [0.15, 0.2) is 71.3 Å². The molecule has 4 aromatic rings. The van der Waals surface area contributed by atoms with Crippen LogP contribution in [0.25, 0.3) is 22.0 Å². The number of fused-ring (bicyclic) bond motifs is 4. The van der Waals surface area contributed by atoms with Crippen LogP contribution < -0.4 is 20.7 Å². The SMILES string of the molecule is CC(NC(=O)OCC1c2ccccc2-c2ccccc21)C(=O)NC(C)C(=O)N1CCCC1C(=O)NC(C(=O)Oc1c[nH]c2ccc(Br)c(Cl)c12)C(C)C. The van der Waals surface area contributed by atoms with Crippen molar-refractivity contribution < 1.29 is 33.4 Å².